The summed E-state index contributed by atoms with van der Waals surface area (Å²) in [6.07, 6.45) is 1.60. The average Bonchev–Trinajstić information content (AvgIpc) is 1.69. The molecule has 8 heavy (non-hydrogen) atoms. The van der Waals surface area contributed by atoms with Gasteiger partial charge in [0, 0.05) is 12.3 Å². The van der Waals surface area contributed by atoms with Crippen molar-refractivity contribution in [2.75, 3.05) is 0 Å². The molecule has 0 fully saturated rings. The summed E-state index contributed by atoms with van der Waals surface area (Å²) in [7, 11) is 0. The van der Waals surface area contributed by atoms with Gasteiger partial charge in [0.25, 0.3) is 0 Å². The van der Waals surface area contributed by atoms with E-state index in [1.54, 1.807) is 18.3 Å². The number of H-pyrrole nitrogens is 1. The fourth-order valence-corrected chi connectivity index (χ4v) is 0.377. The van der Waals surface area contributed by atoms with Gasteiger partial charge < -0.3 is 4.98 Å². The number of hydrogen-bond donors (Lipinski definition) is 1. The maximum absolute atomic E-state index is 10.2. The summed E-state index contributed by atoms with van der Waals surface area (Å²) in [6, 6.07) is 4.93. The van der Waals surface area contributed by atoms with Crippen LogP contribution >= 0.6 is 0 Å². The second-order valence-corrected chi connectivity index (χ2v) is 1.23. The third-order valence-corrected chi connectivity index (χ3v) is 0.681. The smallest absolute Gasteiger partial charge is 0.329 e. The Morgan fingerprint density at radius 2 is 2.12 bits per heavy atom. The molecule has 1 N–H and O–H groups in total. The zero-order valence-electron chi connectivity index (χ0n) is 4.72. The molecule has 0 saturated carbocycles. The van der Waals surface area contributed by atoms with Crippen LogP contribution in [0.5, 0.6) is 0 Å². The van der Waals surface area contributed by atoms with Crippen molar-refractivity contribution in [2.45, 2.75) is 0 Å². The average molecular weight is 118 g/mol. The Morgan fingerprint density at radius 1 is 1.38 bits per heavy atom. The maximum Gasteiger partial charge on any atom is 1.00 e. The van der Waals surface area contributed by atoms with E-state index < -0.39 is 0 Å². The number of pyridine rings is 1. The molecule has 3 heteroatoms. The SMILES string of the molecule is O=c1cccc[nH]1.[Na+]. The molecule has 0 bridgehead atoms. The van der Waals surface area contributed by atoms with Crippen LogP contribution in [0.1, 0.15) is 0 Å². The number of rotatable bonds is 0. The van der Waals surface area contributed by atoms with Crippen LogP contribution in [0.3, 0.4) is 0 Å². The molecule has 1 rings (SSSR count). The molecule has 0 radical (unpaired) electrons. The Bertz CT molecular complexity index is 178. The zero-order valence-corrected chi connectivity index (χ0v) is 6.72. The molecule has 0 aliphatic carbocycles. The van der Waals surface area contributed by atoms with Crippen LogP contribution < -0.4 is 35.1 Å². The number of aromatic amines is 1. The summed E-state index contributed by atoms with van der Waals surface area (Å²) in [4.78, 5) is 12.7. The molecule has 0 saturated heterocycles. The fourth-order valence-electron chi connectivity index (χ4n) is 0.377. The minimum absolute atomic E-state index is 0. The normalized spacial score (nSPS) is 7.50. The van der Waals surface area contributed by atoms with Crippen LogP contribution in [0.4, 0.5) is 0 Å². The maximum atomic E-state index is 10.2. The monoisotopic (exact) mass is 118 g/mol. The van der Waals surface area contributed by atoms with Crippen molar-refractivity contribution in [1.82, 2.24) is 4.98 Å². The van der Waals surface area contributed by atoms with Gasteiger partial charge in [0.1, 0.15) is 0 Å². The first-order valence-corrected chi connectivity index (χ1v) is 2.03. The Morgan fingerprint density at radius 3 is 2.38 bits per heavy atom. The van der Waals surface area contributed by atoms with E-state index in [4.69, 9.17) is 0 Å². The van der Waals surface area contributed by atoms with Crippen LogP contribution in [-0.4, -0.2) is 4.98 Å². The Labute approximate surface area is 69.2 Å². The molecular weight excluding hydrogens is 113 g/mol. The number of aromatic nitrogens is 1. The standard InChI is InChI=1S/C5H5NO.Na/c7-5-3-1-2-4-6-5;/h1-4H,(H,6,7);/q;+1. The molecular formula is C5H5NNaO+. The van der Waals surface area contributed by atoms with Gasteiger partial charge in [-0.05, 0) is 6.07 Å². The van der Waals surface area contributed by atoms with Gasteiger partial charge in [-0.3, -0.25) is 4.79 Å². The number of nitrogens with one attached hydrogen (secondary N) is 1. The van der Waals surface area contributed by atoms with E-state index in [1.807, 2.05) is 0 Å². The summed E-state index contributed by atoms with van der Waals surface area (Å²) >= 11 is 0. The Balaban J connectivity index is 0.000000490. The van der Waals surface area contributed by atoms with E-state index in [9.17, 15) is 4.79 Å². The van der Waals surface area contributed by atoms with Crippen molar-refractivity contribution in [3.63, 3.8) is 0 Å². The van der Waals surface area contributed by atoms with Crippen LogP contribution in [0, 0.1) is 0 Å². The second kappa shape index (κ2) is 3.89. The van der Waals surface area contributed by atoms with Crippen molar-refractivity contribution in [3.8, 4) is 0 Å². The van der Waals surface area contributed by atoms with Gasteiger partial charge in [-0.1, -0.05) is 6.07 Å². The molecule has 0 unspecified atom stereocenters. The van der Waals surface area contributed by atoms with Gasteiger partial charge in [0.15, 0.2) is 0 Å². The molecule has 0 aromatic carbocycles. The van der Waals surface area contributed by atoms with Crippen molar-refractivity contribution in [3.05, 3.63) is 34.7 Å². The fraction of sp³-hybridized carbons (Fsp3) is 0. The largest absolute Gasteiger partial charge is 1.00 e. The van der Waals surface area contributed by atoms with E-state index in [-0.39, 0.29) is 35.1 Å². The third-order valence-electron chi connectivity index (χ3n) is 0.681. The van der Waals surface area contributed by atoms with E-state index in [2.05, 4.69) is 4.98 Å². The molecule has 1 aromatic rings. The third kappa shape index (κ3) is 2.31. The van der Waals surface area contributed by atoms with Crippen molar-refractivity contribution < 1.29 is 29.6 Å². The van der Waals surface area contributed by atoms with E-state index in [0.717, 1.165) is 0 Å². The summed E-state index contributed by atoms with van der Waals surface area (Å²) < 4.78 is 0. The first-order chi connectivity index (χ1) is 3.39. The quantitative estimate of drug-likeness (QED) is 0.372. The van der Waals surface area contributed by atoms with Gasteiger partial charge >= 0.3 is 29.6 Å². The summed E-state index contributed by atoms with van der Waals surface area (Å²) in [5.74, 6) is 0. The molecule has 36 valence electrons. The molecule has 0 amide bonds. The molecule has 0 spiro atoms. The first kappa shape index (κ1) is 7.95. The number of hydrogen-bond acceptors (Lipinski definition) is 1. The first-order valence-electron chi connectivity index (χ1n) is 2.03. The van der Waals surface area contributed by atoms with E-state index >= 15 is 0 Å². The molecule has 2 nitrogen and oxygen atoms in total. The van der Waals surface area contributed by atoms with Crippen LogP contribution in [-0.2, 0) is 0 Å². The molecule has 0 atom stereocenters. The van der Waals surface area contributed by atoms with Gasteiger partial charge in [-0.2, -0.15) is 0 Å². The predicted molar refractivity (Wildman–Crippen MR) is 27.1 cm³/mol. The second-order valence-electron chi connectivity index (χ2n) is 1.23. The van der Waals surface area contributed by atoms with Crippen molar-refractivity contribution in [2.24, 2.45) is 0 Å². The van der Waals surface area contributed by atoms with E-state index in [0.29, 0.717) is 0 Å². The van der Waals surface area contributed by atoms with Crippen LogP contribution in [0.15, 0.2) is 29.2 Å². The Hall–Kier alpha value is -0.0500. The van der Waals surface area contributed by atoms with Gasteiger partial charge in [-0.15, -0.1) is 0 Å². The molecule has 1 aromatic heterocycles. The van der Waals surface area contributed by atoms with Gasteiger partial charge in [-0.25, -0.2) is 0 Å². The van der Waals surface area contributed by atoms with Crippen LogP contribution in [0.25, 0.3) is 0 Å². The van der Waals surface area contributed by atoms with Gasteiger partial charge in [0.05, 0.1) is 0 Å². The zero-order chi connectivity index (χ0) is 5.11. The molecule has 0 aliphatic heterocycles. The summed E-state index contributed by atoms with van der Waals surface area (Å²) in [5.41, 5.74) is -0.0532. The van der Waals surface area contributed by atoms with Gasteiger partial charge in [0.2, 0.25) is 5.56 Å². The topological polar surface area (TPSA) is 32.9 Å². The minimum atomic E-state index is -0.0532. The van der Waals surface area contributed by atoms with E-state index in [1.165, 1.54) is 6.07 Å². The summed E-state index contributed by atoms with van der Waals surface area (Å²) in [6.45, 7) is 0. The van der Waals surface area contributed by atoms with Crippen molar-refractivity contribution >= 4 is 0 Å². The van der Waals surface area contributed by atoms with Crippen molar-refractivity contribution in [1.29, 1.82) is 0 Å². The summed E-state index contributed by atoms with van der Waals surface area (Å²) in [5, 5.41) is 0. The predicted octanol–water partition coefficient (Wildman–Crippen LogP) is -2.62. The minimum Gasteiger partial charge on any atom is -0.329 e. The molecule has 1 heterocycles. The molecule has 0 aliphatic rings. The van der Waals surface area contributed by atoms with Crippen LogP contribution in [0.2, 0.25) is 0 Å². The Kier molecular flexibility index (Phi) is 3.87.